The molecule has 0 amide bonds. The zero-order chi connectivity index (χ0) is 12.3. The number of hydrogen-bond acceptors (Lipinski definition) is 5. The first-order valence-electron chi connectivity index (χ1n) is 5.21. The number of nitrogens with zero attached hydrogens (tertiary/aromatic N) is 3. The lowest BCUT2D eigenvalue weighted by Crippen LogP contribution is -2.05. The molecule has 2 heterocycles. The SMILES string of the molecule is Cc1cc(C#N)nc(NCc2sccc2C)n1. The molecule has 1 N–H and O–H groups in total. The Labute approximate surface area is 104 Å². The van der Waals surface area contributed by atoms with Gasteiger partial charge in [-0.05, 0) is 36.9 Å². The third-order valence-electron chi connectivity index (χ3n) is 2.34. The van der Waals surface area contributed by atoms with Crippen LogP contribution in [-0.2, 0) is 6.54 Å². The van der Waals surface area contributed by atoms with Crippen LogP contribution in [0, 0.1) is 25.2 Å². The summed E-state index contributed by atoms with van der Waals surface area (Å²) in [6, 6.07) is 5.78. The van der Waals surface area contributed by atoms with E-state index in [-0.39, 0.29) is 0 Å². The van der Waals surface area contributed by atoms with Crippen molar-refractivity contribution >= 4 is 17.3 Å². The number of hydrogen-bond donors (Lipinski definition) is 1. The Morgan fingerprint density at radius 2 is 2.24 bits per heavy atom. The molecule has 2 aromatic heterocycles. The Kier molecular flexibility index (Phi) is 3.35. The Morgan fingerprint density at radius 3 is 2.88 bits per heavy atom. The molecule has 0 saturated heterocycles. The first kappa shape index (κ1) is 11.6. The monoisotopic (exact) mass is 244 g/mol. The molecule has 0 spiro atoms. The van der Waals surface area contributed by atoms with E-state index in [1.54, 1.807) is 17.4 Å². The maximum absolute atomic E-state index is 8.82. The smallest absolute Gasteiger partial charge is 0.224 e. The van der Waals surface area contributed by atoms with Gasteiger partial charge >= 0.3 is 0 Å². The zero-order valence-corrected chi connectivity index (χ0v) is 10.5. The minimum absolute atomic E-state index is 0.392. The van der Waals surface area contributed by atoms with Crippen LogP contribution in [0.4, 0.5) is 5.95 Å². The third kappa shape index (κ3) is 2.80. The van der Waals surface area contributed by atoms with Crippen LogP contribution < -0.4 is 5.32 Å². The summed E-state index contributed by atoms with van der Waals surface area (Å²) in [5, 5.41) is 14.0. The number of nitrogens with one attached hydrogen (secondary N) is 1. The average molecular weight is 244 g/mol. The molecule has 2 aromatic rings. The summed E-state index contributed by atoms with van der Waals surface area (Å²) in [7, 11) is 0. The van der Waals surface area contributed by atoms with Gasteiger partial charge in [-0.2, -0.15) is 5.26 Å². The zero-order valence-electron chi connectivity index (χ0n) is 9.69. The molecule has 0 unspecified atom stereocenters. The predicted octanol–water partition coefficient (Wildman–Crippen LogP) is 2.64. The lowest BCUT2D eigenvalue weighted by atomic mass is 10.3. The van der Waals surface area contributed by atoms with Crippen molar-refractivity contribution in [1.29, 1.82) is 5.26 Å². The van der Waals surface area contributed by atoms with E-state index in [0.717, 1.165) is 5.69 Å². The first-order chi connectivity index (χ1) is 8.19. The van der Waals surface area contributed by atoms with Gasteiger partial charge in [0.1, 0.15) is 11.8 Å². The summed E-state index contributed by atoms with van der Waals surface area (Å²) >= 11 is 1.70. The minimum atomic E-state index is 0.392. The molecule has 0 bridgehead atoms. The summed E-state index contributed by atoms with van der Waals surface area (Å²) in [4.78, 5) is 9.60. The fraction of sp³-hybridized carbons (Fsp3) is 0.250. The van der Waals surface area contributed by atoms with E-state index in [4.69, 9.17) is 5.26 Å². The standard InChI is InChI=1S/C12H12N4S/c1-8-3-4-17-11(8)7-14-12-15-9(2)5-10(6-13)16-12/h3-5H,7H2,1-2H3,(H,14,15,16). The maximum Gasteiger partial charge on any atom is 0.224 e. The molecule has 0 atom stereocenters. The number of aryl methyl sites for hydroxylation is 2. The number of thiophene rings is 1. The molecule has 0 fully saturated rings. The Balaban J connectivity index is 2.12. The highest BCUT2D eigenvalue weighted by molar-refractivity contribution is 7.10. The summed E-state index contributed by atoms with van der Waals surface area (Å²) in [5.74, 6) is 0.509. The number of anilines is 1. The van der Waals surface area contributed by atoms with Crippen LogP contribution >= 0.6 is 11.3 Å². The van der Waals surface area contributed by atoms with Gasteiger partial charge in [0.2, 0.25) is 5.95 Å². The molecule has 2 rings (SSSR count). The summed E-state index contributed by atoms with van der Waals surface area (Å²) < 4.78 is 0. The molecular weight excluding hydrogens is 232 g/mol. The van der Waals surface area contributed by atoms with Gasteiger partial charge in [0.05, 0.1) is 6.54 Å². The average Bonchev–Trinajstić information content (AvgIpc) is 2.71. The predicted molar refractivity (Wildman–Crippen MR) is 67.9 cm³/mol. The molecular formula is C12H12N4S. The van der Waals surface area contributed by atoms with E-state index in [2.05, 4.69) is 33.7 Å². The van der Waals surface area contributed by atoms with Gasteiger partial charge in [-0.1, -0.05) is 0 Å². The maximum atomic E-state index is 8.82. The second kappa shape index (κ2) is 4.93. The van der Waals surface area contributed by atoms with E-state index in [0.29, 0.717) is 18.2 Å². The number of nitriles is 1. The van der Waals surface area contributed by atoms with Crippen molar-refractivity contribution in [3.05, 3.63) is 39.3 Å². The summed E-state index contributed by atoms with van der Waals surface area (Å²) in [6.07, 6.45) is 0. The third-order valence-corrected chi connectivity index (χ3v) is 3.37. The van der Waals surface area contributed by atoms with Crippen molar-refractivity contribution in [2.75, 3.05) is 5.32 Å². The van der Waals surface area contributed by atoms with Crippen molar-refractivity contribution in [3.63, 3.8) is 0 Å². The van der Waals surface area contributed by atoms with Crippen molar-refractivity contribution < 1.29 is 0 Å². The fourth-order valence-corrected chi connectivity index (χ4v) is 2.30. The second-order valence-corrected chi connectivity index (χ2v) is 4.71. The minimum Gasteiger partial charge on any atom is -0.349 e. The van der Waals surface area contributed by atoms with E-state index in [1.807, 2.05) is 13.0 Å². The Morgan fingerprint density at radius 1 is 1.41 bits per heavy atom. The highest BCUT2D eigenvalue weighted by Crippen LogP contribution is 2.16. The molecule has 17 heavy (non-hydrogen) atoms. The van der Waals surface area contributed by atoms with Gasteiger partial charge in [-0.15, -0.1) is 11.3 Å². The van der Waals surface area contributed by atoms with E-state index in [1.165, 1.54) is 10.4 Å². The van der Waals surface area contributed by atoms with Gasteiger partial charge in [-0.25, -0.2) is 9.97 Å². The summed E-state index contributed by atoms with van der Waals surface area (Å²) in [5.41, 5.74) is 2.44. The lowest BCUT2D eigenvalue weighted by molar-refractivity contribution is 1.02. The van der Waals surface area contributed by atoms with Crippen LogP contribution in [-0.4, -0.2) is 9.97 Å². The van der Waals surface area contributed by atoms with Crippen LogP contribution in [0.2, 0.25) is 0 Å². The topological polar surface area (TPSA) is 61.6 Å². The van der Waals surface area contributed by atoms with Crippen LogP contribution in [0.25, 0.3) is 0 Å². The van der Waals surface area contributed by atoms with Crippen LogP contribution in [0.1, 0.15) is 21.8 Å². The van der Waals surface area contributed by atoms with Crippen molar-refractivity contribution in [1.82, 2.24) is 9.97 Å². The van der Waals surface area contributed by atoms with Crippen LogP contribution in [0.5, 0.6) is 0 Å². The Bertz CT molecular complexity index is 568. The Hall–Kier alpha value is -1.93. The quantitative estimate of drug-likeness (QED) is 0.901. The molecule has 0 aliphatic rings. The normalized spacial score (nSPS) is 9.94. The van der Waals surface area contributed by atoms with Gasteiger partial charge in [0.25, 0.3) is 0 Å². The van der Waals surface area contributed by atoms with Crippen molar-refractivity contribution in [3.8, 4) is 6.07 Å². The molecule has 0 saturated carbocycles. The molecule has 0 radical (unpaired) electrons. The summed E-state index contributed by atoms with van der Waals surface area (Å²) in [6.45, 7) is 4.62. The van der Waals surface area contributed by atoms with Crippen LogP contribution in [0.15, 0.2) is 17.5 Å². The highest BCUT2D eigenvalue weighted by atomic mass is 32.1. The first-order valence-corrected chi connectivity index (χ1v) is 6.09. The van der Waals surface area contributed by atoms with Crippen molar-refractivity contribution in [2.45, 2.75) is 20.4 Å². The van der Waals surface area contributed by atoms with E-state index in [9.17, 15) is 0 Å². The second-order valence-electron chi connectivity index (χ2n) is 3.71. The fourth-order valence-electron chi connectivity index (χ4n) is 1.45. The molecule has 0 aromatic carbocycles. The largest absolute Gasteiger partial charge is 0.349 e. The molecule has 5 heteroatoms. The van der Waals surface area contributed by atoms with E-state index >= 15 is 0 Å². The van der Waals surface area contributed by atoms with Crippen LogP contribution in [0.3, 0.4) is 0 Å². The van der Waals surface area contributed by atoms with E-state index < -0.39 is 0 Å². The highest BCUT2D eigenvalue weighted by Gasteiger charge is 2.03. The number of aromatic nitrogens is 2. The number of rotatable bonds is 3. The molecule has 0 aliphatic carbocycles. The molecule has 0 aliphatic heterocycles. The lowest BCUT2D eigenvalue weighted by Gasteiger charge is -2.05. The van der Waals surface area contributed by atoms with Crippen molar-refractivity contribution in [2.24, 2.45) is 0 Å². The van der Waals surface area contributed by atoms with Gasteiger partial charge < -0.3 is 5.32 Å². The molecule has 4 nitrogen and oxygen atoms in total. The molecule has 86 valence electrons. The van der Waals surface area contributed by atoms with Gasteiger partial charge in [-0.3, -0.25) is 0 Å². The van der Waals surface area contributed by atoms with Gasteiger partial charge in [0.15, 0.2) is 0 Å². The van der Waals surface area contributed by atoms with Gasteiger partial charge in [0, 0.05) is 10.6 Å².